The van der Waals surface area contributed by atoms with Crippen LogP contribution in [0.5, 0.6) is 0 Å². The van der Waals surface area contributed by atoms with Gasteiger partial charge in [-0.1, -0.05) is 24.3 Å². The number of hydrogen-bond donors (Lipinski definition) is 2. The van der Waals surface area contributed by atoms with Crippen LogP contribution in [-0.4, -0.2) is 28.6 Å². The number of carbonyl (C=O) groups is 1. The second-order valence-electron chi connectivity index (χ2n) is 6.24. The number of hydrogen-bond acceptors (Lipinski definition) is 5. The lowest BCUT2D eigenvalue weighted by Crippen LogP contribution is -2.30. The van der Waals surface area contributed by atoms with Crippen molar-refractivity contribution in [3.8, 4) is 0 Å². The van der Waals surface area contributed by atoms with E-state index in [0.29, 0.717) is 19.1 Å². The van der Waals surface area contributed by atoms with Crippen molar-refractivity contribution in [3.05, 3.63) is 46.5 Å². The number of anilines is 1. The number of benzene rings is 1. The average molecular weight is 345 g/mol. The van der Waals surface area contributed by atoms with Gasteiger partial charge in [-0.2, -0.15) is 0 Å². The van der Waals surface area contributed by atoms with Crippen LogP contribution < -0.4 is 10.2 Å². The quantitative estimate of drug-likeness (QED) is 0.810. The van der Waals surface area contributed by atoms with E-state index in [-0.39, 0.29) is 5.91 Å². The number of aliphatic hydroxyl groups is 1. The molecule has 2 aromatic rings. The Balaban J connectivity index is 1.54. The van der Waals surface area contributed by atoms with Crippen LogP contribution in [0, 0.1) is 6.92 Å². The minimum absolute atomic E-state index is 0.0568. The van der Waals surface area contributed by atoms with Crippen molar-refractivity contribution in [1.29, 1.82) is 0 Å². The molecule has 0 radical (unpaired) electrons. The van der Waals surface area contributed by atoms with Crippen LogP contribution in [0.3, 0.4) is 0 Å². The van der Waals surface area contributed by atoms with E-state index in [2.05, 4.69) is 10.3 Å². The zero-order valence-corrected chi connectivity index (χ0v) is 14.8. The van der Waals surface area contributed by atoms with Gasteiger partial charge in [-0.05, 0) is 30.9 Å². The minimum atomic E-state index is -0.538. The van der Waals surface area contributed by atoms with Crippen molar-refractivity contribution in [3.63, 3.8) is 0 Å². The Morgan fingerprint density at radius 1 is 1.46 bits per heavy atom. The number of thiazole rings is 1. The topological polar surface area (TPSA) is 65.5 Å². The maximum atomic E-state index is 11.8. The van der Waals surface area contributed by atoms with Crippen molar-refractivity contribution in [2.24, 2.45) is 0 Å². The third-order valence-corrected chi connectivity index (χ3v) is 5.08. The van der Waals surface area contributed by atoms with Crippen molar-refractivity contribution < 1.29 is 9.90 Å². The summed E-state index contributed by atoms with van der Waals surface area (Å²) in [6, 6.07) is 8.18. The molecule has 1 atom stereocenters. The number of aliphatic hydroxyl groups excluding tert-OH is 1. The van der Waals surface area contributed by atoms with Crippen molar-refractivity contribution >= 4 is 22.4 Å². The van der Waals surface area contributed by atoms with Gasteiger partial charge in [0.05, 0.1) is 11.8 Å². The average Bonchev–Trinajstić information content (AvgIpc) is 3.26. The Hall–Kier alpha value is -1.76. The third kappa shape index (κ3) is 4.01. The predicted octanol–water partition coefficient (Wildman–Crippen LogP) is 2.79. The maximum absolute atomic E-state index is 11.8. The summed E-state index contributed by atoms with van der Waals surface area (Å²) in [5, 5.41) is 16.3. The molecule has 1 amide bonds. The summed E-state index contributed by atoms with van der Waals surface area (Å²) in [6.07, 6.45) is 1.59. The van der Waals surface area contributed by atoms with Crippen LogP contribution in [0.1, 0.15) is 42.7 Å². The standard InChI is InChI=1S/C18H23N3O2S/c1-12-5-3-4-6-16(12)17(23)10-19-9-14-11-24-18(20-14)21(13(2)22)15-7-8-15/h3-6,11,15,17,19,23H,7-10H2,1-2H3. The summed E-state index contributed by atoms with van der Waals surface area (Å²) in [7, 11) is 0. The molecule has 1 unspecified atom stereocenters. The lowest BCUT2D eigenvalue weighted by atomic mass is 10.0. The van der Waals surface area contributed by atoms with Gasteiger partial charge in [0, 0.05) is 31.4 Å². The van der Waals surface area contributed by atoms with Crippen LogP contribution in [0.4, 0.5) is 5.13 Å². The Labute approximate surface area is 146 Å². The molecule has 1 saturated carbocycles. The SMILES string of the molecule is CC(=O)N(c1nc(CNCC(O)c2ccccc2C)cs1)C1CC1. The fourth-order valence-corrected chi connectivity index (χ4v) is 3.72. The fraction of sp³-hybridized carbons (Fsp3) is 0.444. The third-order valence-electron chi connectivity index (χ3n) is 4.19. The molecule has 2 N–H and O–H groups in total. The summed E-state index contributed by atoms with van der Waals surface area (Å²) in [6.45, 7) is 4.64. The van der Waals surface area contributed by atoms with Gasteiger partial charge >= 0.3 is 0 Å². The molecule has 0 bridgehead atoms. The van der Waals surface area contributed by atoms with Crippen molar-refractivity contribution in [2.75, 3.05) is 11.4 Å². The molecular formula is C18H23N3O2S. The van der Waals surface area contributed by atoms with Gasteiger partial charge in [0.25, 0.3) is 0 Å². The highest BCUT2D eigenvalue weighted by atomic mass is 32.1. The molecule has 1 aromatic carbocycles. The molecule has 1 aliphatic carbocycles. The zero-order valence-electron chi connectivity index (χ0n) is 14.0. The molecule has 0 saturated heterocycles. The van der Waals surface area contributed by atoms with E-state index in [1.54, 1.807) is 11.8 Å². The highest BCUT2D eigenvalue weighted by molar-refractivity contribution is 7.14. The maximum Gasteiger partial charge on any atom is 0.225 e. The first-order chi connectivity index (χ1) is 11.6. The van der Waals surface area contributed by atoms with E-state index in [4.69, 9.17) is 0 Å². The minimum Gasteiger partial charge on any atom is -0.387 e. The molecule has 1 aromatic heterocycles. The van der Waals surface area contributed by atoms with E-state index >= 15 is 0 Å². The molecule has 1 heterocycles. The van der Waals surface area contributed by atoms with Crippen molar-refractivity contribution in [1.82, 2.24) is 10.3 Å². The summed E-state index contributed by atoms with van der Waals surface area (Å²) in [4.78, 5) is 18.1. The van der Waals surface area contributed by atoms with Gasteiger partial charge in [0.2, 0.25) is 5.91 Å². The number of rotatable bonds is 7. The number of aromatic nitrogens is 1. The van der Waals surface area contributed by atoms with E-state index in [1.807, 2.05) is 36.6 Å². The molecule has 24 heavy (non-hydrogen) atoms. The van der Waals surface area contributed by atoms with E-state index in [9.17, 15) is 9.90 Å². The van der Waals surface area contributed by atoms with Crippen molar-refractivity contribution in [2.45, 2.75) is 45.4 Å². The first-order valence-electron chi connectivity index (χ1n) is 8.24. The van der Waals surface area contributed by atoms with E-state index in [1.165, 1.54) is 11.3 Å². The summed E-state index contributed by atoms with van der Waals surface area (Å²) < 4.78 is 0. The van der Waals surface area contributed by atoms with Crippen LogP contribution in [0.15, 0.2) is 29.6 Å². The normalized spacial score (nSPS) is 15.3. The zero-order chi connectivity index (χ0) is 17.1. The number of amides is 1. The Bertz CT molecular complexity index is 712. The Kier molecular flexibility index (Phi) is 5.28. The predicted molar refractivity (Wildman–Crippen MR) is 96.1 cm³/mol. The number of aryl methyl sites for hydroxylation is 1. The van der Waals surface area contributed by atoms with Gasteiger partial charge in [-0.25, -0.2) is 4.98 Å². The molecule has 128 valence electrons. The Morgan fingerprint density at radius 3 is 2.88 bits per heavy atom. The lowest BCUT2D eigenvalue weighted by Gasteiger charge is -2.16. The molecule has 0 aliphatic heterocycles. The van der Waals surface area contributed by atoms with Gasteiger partial charge in [0.15, 0.2) is 5.13 Å². The molecule has 0 spiro atoms. The highest BCUT2D eigenvalue weighted by Gasteiger charge is 2.33. The second-order valence-corrected chi connectivity index (χ2v) is 7.08. The molecule has 5 nitrogen and oxygen atoms in total. The fourth-order valence-electron chi connectivity index (χ4n) is 2.78. The highest BCUT2D eigenvalue weighted by Crippen LogP contribution is 2.33. The molecule has 1 aliphatic rings. The largest absolute Gasteiger partial charge is 0.387 e. The van der Waals surface area contributed by atoms with E-state index in [0.717, 1.165) is 34.8 Å². The second kappa shape index (κ2) is 7.42. The molecule has 6 heteroatoms. The Morgan fingerprint density at radius 2 is 2.21 bits per heavy atom. The van der Waals surface area contributed by atoms with Crippen LogP contribution in [-0.2, 0) is 11.3 Å². The van der Waals surface area contributed by atoms with Crippen LogP contribution in [0.2, 0.25) is 0 Å². The van der Waals surface area contributed by atoms with Gasteiger partial charge in [-0.3, -0.25) is 9.69 Å². The first-order valence-corrected chi connectivity index (χ1v) is 9.12. The van der Waals surface area contributed by atoms with Crippen LogP contribution >= 0.6 is 11.3 Å². The van der Waals surface area contributed by atoms with E-state index < -0.39 is 6.10 Å². The summed E-state index contributed by atoms with van der Waals surface area (Å²) >= 11 is 1.50. The first kappa shape index (κ1) is 17.1. The van der Waals surface area contributed by atoms with Crippen LogP contribution in [0.25, 0.3) is 0 Å². The number of nitrogens with zero attached hydrogens (tertiary/aromatic N) is 2. The molecule has 3 rings (SSSR count). The molecular weight excluding hydrogens is 322 g/mol. The van der Waals surface area contributed by atoms with Gasteiger partial charge in [-0.15, -0.1) is 11.3 Å². The number of nitrogens with one attached hydrogen (secondary N) is 1. The summed E-state index contributed by atoms with van der Waals surface area (Å²) in [5.74, 6) is 0.0568. The molecule has 1 fully saturated rings. The number of carbonyl (C=O) groups excluding carboxylic acids is 1. The lowest BCUT2D eigenvalue weighted by molar-refractivity contribution is -0.116. The summed E-state index contributed by atoms with van der Waals surface area (Å²) in [5.41, 5.74) is 2.93. The van der Waals surface area contributed by atoms with Gasteiger partial charge < -0.3 is 10.4 Å². The smallest absolute Gasteiger partial charge is 0.225 e. The van der Waals surface area contributed by atoms with Gasteiger partial charge in [0.1, 0.15) is 0 Å². The monoisotopic (exact) mass is 345 g/mol.